The largest absolute Gasteiger partial charge is 0.468 e. The molecule has 6 heteroatoms. The van der Waals surface area contributed by atoms with E-state index in [0.29, 0.717) is 6.42 Å². The van der Waals surface area contributed by atoms with Crippen molar-refractivity contribution in [2.45, 2.75) is 37.9 Å². The van der Waals surface area contributed by atoms with Crippen LogP contribution in [0.15, 0.2) is 36.4 Å². The molecule has 1 aliphatic heterocycles. The van der Waals surface area contributed by atoms with Crippen molar-refractivity contribution in [3.05, 3.63) is 42.0 Å². The molecule has 2 rings (SSSR count). The maximum Gasteiger partial charge on any atom is 0.330 e. The Hall–Kier alpha value is -1.89. The Morgan fingerprint density at radius 2 is 1.92 bits per heavy atom. The van der Waals surface area contributed by atoms with Gasteiger partial charge in [0.05, 0.1) is 6.10 Å². The van der Waals surface area contributed by atoms with Crippen LogP contribution in [0.2, 0.25) is 0 Å². The van der Waals surface area contributed by atoms with Crippen LogP contribution in [0.1, 0.15) is 24.8 Å². The monoisotopic (exact) mass is 350 g/mol. The molecular weight excluding hydrogens is 324 g/mol. The molecule has 1 aromatic rings. The first-order valence-corrected chi connectivity index (χ1v) is 8.39. The number of rotatable bonds is 11. The number of benzene rings is 1. The molecule has 0 aromatic heterocycles. The number of ether oxygens (including phenoxy) is 5. The van der Waals surface area contributed by atoms with Gasteiger partial charge in [0.2, 0.25) is 0 Å². The van der Waals surface area contributed by atoms with Crippen molar-refractivity contribution < 1.29 is 28.5 Å². The lowest BCUT2D eigenvalue weighted by atomic mass is 10.0. The third-order valence-electron chi connectivity index (χ3n) is 3.90. The van der Waals surface area contributed by atoms with Crippen molar-refractivity contribution in [2.24, 2.45) is 0 Å². The highest BCUT2D eigenvalue weighted by Crippen LogP contribution is 2.20. The number of aryl methyl sites for hydroxylation is 1. The molecule has 1 aromatic carbocycles. The van der Waals surface area contributed by atoms with E-state index in [0.717, 1.165) is 25.0 Å². The minimum Gasteiger partial charge on any atom is -0.468 e. The normalized spacial score (nSPS) is 18.0. The van der Waals surface area contributed by atoms with Gasteiger partial charge in [0.25, 0.3) is 0 Å². The minimum atomic E-state index is -0.284. The SMILES string of the molecule is COCOc1ccc(CC[C@@H](C[C@H]2CC=CC(=O)O2)OCOC)cc1. The molecular formula is C19H26O6. The van der Waals surface area contributed by atoms with E-state index in [9.17, 15) is 4.79 Å². The molecule has 0 spiro atoms. The summed E-state index contributed by atoms with van der Waals surface area (Å²) in [7, 11) is 3.19. The van der Waals surface area contributed by atoms with E-state index in [1.54, 1.807) is 14.2 Å². The second-order valence-corrected chi connectivity index (χ2v) is 5.86. The average Bonchev–Trinajstić information content (AvgIpc) is 2.63. The van der Waals surface area contributed by atoms with Crippen LogP contribution in [0.5, 0.6) is 5.75 Å². The number of carbonyl (C=O) groups excluding carboxylic acids is 1. The summed E-state index contributed by atoms with van der Waals surface area (Å²) in [6.07, 6.45) is 6.21. The summed E-state index contributed by atoms with van der Waals surface area (Å²) in [5.41, 5.74) is 1.19. The molecule has 6 nitrogen and oxygen atoms in total. The van der Waals surface area contributed by atoms with Gasteiger partial charge < -0.3 is 23.7 Å². The van der Waals surface area contributed by atoms with Crippen LogP contribution < -0.4 is 4.74 Å². The van der Waals surface area contributed by atoms with Gasteiger partial charge in [0.15, 0.2) is 6.79 Å². The van der Waals surface area contributed by atoms with E-state index in [1.807, 2.05) is 30.3 Å². The molecule has 0 radical (unpaired) electrons. The fourth-order valence-corrected chi connectivity index (χ4v) is 2.65. The van der Waals surface area contributed by atoms with Crippen molar-refractivity contribution >= 4 is 5.97 Å². The Kier molecular flexibility index (Phi) is 8.45. The average molecular weight is 350 g/mol. The summed E-state index contributed by atoms with van der Waals surface area (Å²) in [4.78, 5) is 11.4. The molecule has 0 unspecified atom stereocenters. The lowest BCUT2D eigenvalue weighted by Gasteiger charge is -2.24. The lowest BCUT2D eigenvalue weighted by molar-refractivity contribution is -0.147. The first kappa shape index (κ1) is 19.4. The molecule has 2 atom stereocenters. The summed E-state index contributed by atoms with van der Waals surface area (Å²) >= 11 is 0. The summed E-state index contributed by atoms with van der Waals surface area (Å²) in [5.74, 6) is 0.493. The summed E-state index contributed by atoms with van der Waals surface area (Å²) < 4.78 is 26.4. The van der Waals surface area contributed by atoms with Crippen LogP contribution in [-0.4, -0.2) is 46.0 Å². The van der Waals surface area contributed by atoms with E-state index in [4.69, 9.17) is 23.7 Å². The van der Waals surface area contributed by atoms with Gasteiger partial charge in [-0.05, 0) is 30.5 Å². The van der Waals surface area contributed by atoms with Crippen LogP contribution >= 0.6 is 0 Å². The zero-order chi connectivity index (χ0) is 17.9. The Morgan fingerprint density at radius 3 is 2.60 bits per heavy atom. The van der Waals surface area contributed by atoms with Crippen LogP contribution in [0.4, 0.5) is 0 Å². The van der Waals surface area contributed by atoms with Crippen LogP contribution in [0.25, 0.3) is 0 Å². The van der Waals surface area contributed by atoms with E-state index in [1.165, 1.54) is 11.6 Å². The number of hydrogen-bond acceptors (Lipinski definition) is 6. The maximum atomic E-state index is 11.4. The molecule has 0 bridgehead atoms. The third kappa shape index (κ3) is 7.25. The van der Waals surface area contributed by atoms with Gasteiger partial charge in [-0.25, -0.2) is 4.79 Å². The minimum absolute atomic E-state index is 0.0336. The van der Waals surface area contributed by atoms with E-state index in [2.05, 4.69) is 0 Å². The third-order valence-corrected chi connectivity index (χ3v) is 3.90. The first-order chi connectivity index (χ1) is 12.2. The fraction of sp³-hybridized carbons (Fsp3) is 0.526. The zero-order valence-electron chi connectivity index (χ0n) is 14.8. The zero-order valence-corrected chi connectivity index (χ0v) is 14.8. The second-order valence-electron chi connectivity index (χ2n) is 5.86. The number of esters is 1. The molecule has 1 aliphatic rings. The number of carbonyl (C=O) groups is 1. The Labute approximate surface area is 148 Å². The topological polar surface area (TPSA) is 63.2 Å². The Morgan fingerprint density at radius 1 is 1.16 bits per heavy atom. The van der Waals surface area contributed by atoms with Crippen molar-refractivity contribution in [1.29, 1.82) is 0 Å². The Balaban J connectivity index is 1.84. The number of hydrogen-bond donors (Lipinski definition) is 0. The molecule has 138 valence electrons. The fourth-order valence-electron chi connectivity index (χ4n) is 2.65. The predicted octanol–water partition coefficient (Wildman–Crippen LogP) is 2.85. The van der Waals surface area contributed by atoms with Crippen molar-refractivity contribution in [3.8, 4) is 5.75 Å². The van der Waals surface area contributed by atoms with E-state index in [-0.39, 0.29) is 31.8 Å². The summed E-state index contributed by atoms with van der Waals surface area (Å²) in [5, 5.41) is 0. The maximum absolute atomic E-state index is 11.4. The van der Waals surface area contributed by atoms with E-state index >= 15 is 0 Å². The smallest absolute Gasteiger partial charge is 0.330 e. The molecule has 0 aliphatic carbocycles. The van der Waals surface area contributed by atoms with Gasteiger partial charge >= 0.3 is 5.97 Å². The highest BCUT2D eigenvalue weighted by Gasteiger charge is 2.21. The number of cyclic esters (lactones) is 1. The second kappa shape index (κ2) is 10.9. The predicted molar refractivity (Wildman–Crippen MR) is 92.3 cm³/mol. The standard InChI is InChI=1S/C19H26O6/c1-21-13-23-16-9-6-15(7-10-16)8-11-17(24-14-22-2)12-18-4-3-5-19(20)25-18/h3,5-7,9-10,17-18H,4,8,11-14H2,1-2H3/t17-,18+/m0/s1. The molecule has 0 fully saturated rings. The lowest BCUT2D eigenvalue weighted by Crippen LogP contribution is -2.27. The van der Waals surface area contributed by atoms with Crippen molar-refractivity contribution in [1.82, 2.24) is 0 Å². The molecule has 0 saturated heterocycles. The van der Waals surface area contributed by atoms with Crippen LogP contribution in [-0.2, 0) is 30.2 Å². The van der Waals surface area contributed by atoms with Gasteiger partial charge in [-0.3, -0.25) is 0 Å². The summed E-state index contributed by atoms with van der Waals surface area (Å²) in [6.45, 7) is 0.464. The van der Waals surface area contributed by atoms with Crippen LogP contribution in [0, 0.1) is 0 Å². The first-order valence-electron chi connectivity index (χ1n) is 8.39. The van der Waals surface area contributed by atoms with Gasteiger partial charge in [0.1, 0.15) is 18.6 Å². The van der Waals surface area contributed by atoms with Gasteiger partial charge in [-0.2, -0.15) is 0 Å². The molecule has 0 saturated carbocycles. The Bertz CT molecular complexity index is 539. The quantitative estimate of drug-likeness (QED) is 0.452. The number of methoxy groups -OCH3 is 2. The van der Waals surface area contributed by atoms with E-state index < -0.39 is 0 Å². The van der Waals surface area contributed by atoms with Gasteiger partial charge in [-0.1, -0.05) is 18.2 Å². The van der Waals surface area contributed by atoms with Crippen molar-refractivity contribution in [3.63, 3.8) is 0 Å². The van der Waals surface area contributed by atoms with Gasteiger partial charge in [0, 0.05) is 33.1 Å². The van der Waals surface area contributed by atoms with Crippen molar-refractivity contribution in [2.75, 3.05) is 27.8 Å². The molecule has 25 heavy (non-hydrogen) atoms. The highest BCUT2D eigenvalue weighted by atomic mass is 16.7. The highest BCUT2D eigenvalue weighted by molar-refractivity contribution is 5.82. The summed E-state index contributed by atoms with van der Waals surface area (Å²) in [6, 6.07) is 7.91. The molecule has 0 N–H and O–H groups in total. The van der Waals surface area contributed by atoms with Gasteiger partial charge in [-0.15, -0.1) is 0 Å². The van der Waals surface area contributed by atoms with Crippen LogP contribution in [0.3, 0.4) is 0 Å². The molecule has 0 amide bonds. The molecule has 1 heterocycles.